The smallest absolute Gasteiger partial charge is 0.256 e. The van der Waals surface area contributed by atoms with E-state index >= 15 is 0 Å². The molecule has 0 radical (unpaired) electrons. The summed E-state index contributed by atoms with van der Waals surface area (Å²) in [6, 6.07) is 15.5. The highest BCUT2D eigenvalue weighted by Gasteiger charge is 2.54. The first-order valence-electron chi connectivity index (χ1n) is 12.6. The maximum Gasteiger partial charge on any atom is 0.256 e. The number of halogens is 1. The summed E-state index contributed by atoms with van der Waals surface area (Å²) in [4.78, 5) is 47.5. The van der Waals surface area contributed by atoms with E-state index < -0.39 is 17.6 Å². The Morgan fingerprint density at radius 3 is 2.39 bits per heavy atom. The first kappa shape index (κ1) is 25.5. The van der Waals surface area contributed by atoms with Crippen LogP contribution in [-0.2, 0) is 16.1 Å². The van der Waals surface area contributed by atoms with E-state index in [0.29, 0.717) is 43.6 Å². The summed E-state index contributed by atoms with van der Waals surface area (Å²) in [6.45, 7) is 2.94. The second kappa shape index (κ2) is 10.7. The van der Waals surface area contributed by atoms with Crippen LogP contribution in [0, 0.1) is 12.7 Å². The summed E-state index contributed by atoms with van der Waals surface area (Å²) in [6.07, 6.45) is 4.02. The quantitative estimate of drug-likeness (QED) is 0.562. The highest BCUT2D eigenvalue weighted by Crippen LogP contribution is 2.39. The van der Waals surface area contributed by atoms with Crippen LogP contribution in [0.1, 0.15) is 44.7 Å². The van der Waals surface area contributed by atoms with Gasteiger partial charge in [0, 0.05) is 56.0 Å². The molecule has 5 rings (SSSR count). The van der Waals surface area contributed by atoms with Crippen LogP contribution in [-0.4, -0.2) is 64.0 Å². The molecule has 0 saturated carbocycles. The number of carbonyl (C=O) groups is 3. The molecular weight excluding hydrogens is 487 g/mol. The first-order valence-corrected chi connectivity index (χ1v) is 12.6. The maximum absolute atomic E-state index is 13.9. The van der Waals surface area contributed by atoms with Gasteiger partial charge in [-0.2, -0.15) is 0 Å². The molecule has 0 aliphatic carbocycles. The molecule has 196 valence electrons. The molecule has 2 aliphatic rings. The van der Waals surface area contributed by atoms with Gasteiger partial charge in [-0.25, -0.2) is 4.39 Å². The van der Waals surface area contributed by atoms with Gasteiger partial charge in [-0.15, -0.1) is 0 Å². The molecule has 3 heterocycles. The highest BCUT2D eigenvalue weighted by molar-refractivity contribution is 5.99. The van der Waals surface area contributed by atoms with Crippen LogP contribution in [0.5, 0.6) is 0 Å². The minimum Gasteiger partial charge on any atom is -0.353 e. The molecular formula is C29H29FN4O4. The molecule has 9 heteroatoms. The minimum absolute atomic E-state index is 0.0612. The van der Waals surface area contributed by atoms with Crippen LogP contribution in [0.2, 0.25) is 0 Å². The van der Waals surface area contributed by atoms with E-state index in [2.05, 4.69) is 10.3 Å². The Kier molecular flexibility index (Phi) is 7.20. The molecule has 1 spiro atoms. The third kappa shape index (κ3) is 5.15. The number of ether oxygens (including phenoxy) is 1. The van der Waals surface area contributed by atoms with Gasteiger partial charge in [-0.3, -0.25) is 24.3 Å². The lowest BCUT2D eigenvalue weighted by Crippen LogP contribution is -2.59. The van der Waals surface area contributed by atoms with Crippen molar-refractivity contribution in [2.75, 3.05) is 19.7 Å². The fourth-order valence-electron chi connectivity index (χ4n) is 5.13. The molecule has 38 heavy (non-hydrogen) atoms. The van der Waals surface area contributed by atoms with E-state index in [1.165, 1.54) is 24.3 Å². The zero-order chi connectivity index (χ0) is 26.7. The molecule has 0 bridgehead atoms. The monoisotopic (exact) mass is 516 g/mol. The van der Waals surface area contributed by atoms with E-state index in [-0.39, 0.29) is 24.3 Å². The van der Waals surface area contributed by atoms with Gasteiger partial charge < -0.3 is 15.0 Å². The number of likely N-dealkylation sites (tertiary alicyclic amines) is 1. The number of aryl methyl sites for hydroxylation is 1. The van der Waals surface area contributed by atoms with Crippen LogP contribution in [0.15, 0.2) is 73.1 Å². The Balaban J connectivity index is 1.36. The number of amides is 3. The molecule has 2 fully saturated rings. The van der Waals surface area contributed by atoms with Crippen molar-refractivity contribution < 1.29 is 23.5 Å². The Labute approximate surface area is 220 Å². The topological polar surface area (TPSA) is 91.8 Å². The molecule has 3 aromatic rings. The number of carbonyl (C=O) groups excluding carboxylic acids is 3. The number of piperidine rings is 1. The molecule has 1 unspecified atom stereocenters. The summed E-state index contributed by atoms with van der Waals surface area (Å²) in [5, 5.41) is 2.93. The zero-order valence-corrected chi connectivity index (χ0v) is 21.1. The average molecular weight is 517 g/mol. The van der Waals surface area contributed by atoms with Crippen molar-refractivity contribution in [2.24, 2.45) is 0 Å². The Morgan fingerprint density at radius 1 is 1.00 bits per heavy atom. The van der Waals surface area contributed by atoms with Gasteiger partial charge in [0.15, 0.2) is 0 Å². The third-order valence-corrected chi connectivity index (χ3v) is 7.19. The van der Waals surface area contributed by atoms with E-state index in [1.807, 2.05) is 31.2 Å². The number of hydrogen-bond acceptors (Lipinski definition) is 5. The van der Waals surface area contributed by atoms with E-state index in [1.54, 1.807) is 34.3 Å². The van der Waals surface area contributed by atoms with E-state index in [4.69, 9.17) is 4.74 Å². The lowest BCUT2D eigenvalue weighted by molar-refractivity contribution is -0.128. The number of aromatic nitrogens is 1. The number of pyridine rings is 1. The van der Waals surface area contributed by atoms with E-state index in [9.17, 15) is 18.8 Å². The summed E-state index contributed by atoms with van der Waals surface area (Å²) >= 11 is 0. The normalized spacial score (nSPS) is 18.4. The molecule has 1 N–H and O–H groups in total. The fraction of sp³-hybridized carbons (Fsp3) is 0.310. The molecule has 2 aliphatic heterocycles. The number of hydrogen-bond donors (Lipinski definition) is 1. The van der Waals surface area contributed by atoms with Gasteiger partial charge in [0.1, 0.15) is 17.6 Å². The van der Waals surface area contributed by atoms with Crippen LogP contribution >= 0.6 is 0 Å². The lowest BCUT2D eigenvalue weighted by atomic mass is 9.95. The SMILES string of the molecule is Cc1cccc(C(=O)N2C(C(=O)NCc3ccncc3)COC23CCN(C(=O)c2ccc(F)cc2)CC3)c1. The zero-order valence-electron chi connectivity index (χ0n) is 21.1. The first-order chi connectivity index (χ1) is 18.4. The van der Waals surface area contributed by atoms with Crippen LogP contribution < -0.4 is 5.32 Å². The minimum atomic E-state index is -1.01. The van der Waals surface area contributed by atoms with Crippen molar-refractivity contribution in [1.82, 2.24) is 20.1 Å². The number of nitrogens with one attached hydrogen (secondary N) is 1. The summed E-state index contributed by atoms with van der Waals surface area (Å²) in [7, 11) is 0. The van der Waals surface area contributed by atoms with Gasteiger partial charge in [0.05, 0.1) is 6.61 Å². The molecule has 2 saturated heterocycles. The fourth-order valence-corrected chi connectivity index (χ4v) is 5.13. The summed E-state index contributed by atoms with van der Waals surface area (Å²) < 4.78 is 19.6. The lowest BCUT2D eigenvalue weighted by Gasteiger charge is -2.44. The van der Waals surface area contributed by atoms with E-state index in [0.717, 1.165) is 11.1 Å². The van der Waals surface area contributed by atoms with Crippen LogP contribution in [0.4, 0.5) is 4.39 Å². The number of benzene rings is 2. The molecule has 3 amide bonds. The van der Waals surface area contributed by atoms with Crippen molar-refractivity contribution in [3.8, 4) is 0 Å². The largest absolute Gasteiger partial charge is 0.353 e. The third-order valence-electron chi connectivity index (χ3n) is 7.19. The van der Waals surface area contributed by atoms with Gasteiger partial charge in [0.25, 0.3) is 11.8 Å². The van der Waals surface area contributed by atoms with Crippen LogP contribution in [0.3, 0.4) is 0 Å². The predicted molar refractivity (Wildman–Crippen MR) is 137 cm³/mol. The molecule has 2 aromatic carbocycles. The number of nitrogens with zero attached hydrogens (tertiary/aromatic N) is 3. The van der Waals surface area contributed by atoms with Gasteiger partial charge in [-0.05, 0) is 61.0 Å². The summed E-state index contributed by atoms with van der Waals surface area (Å²) in [5.41, 5.74) is 1.69. The second-order valence-corrected chi connectivity index (χ2v) is 9.69. The van der Waals surface area contributed by atoms with Crippen molar-refractivity contribution >= 4 is 17.7 Å². The standard InChI is InChI=1S/C29H29FN4O4/c1-20-3-2-4-23(17-20)28(37)34-25(26(35)32-18-21-9-13-31-14-10-21)19-38-29(34)11-15-33(16-12-29)27(36)22-5-7-24(30)8-6-22/h2-10,13-14,17,25H,11-12,15-16,18-19H2,1H3,(H,32,35). The Morgan fingerprint density at radius 2 is 1.71 bits per heavy atom. The maximum atomic E-state index is 13.9. The number of rotatable bonds is 5. The van der Waals surface area contributed by atoms with Crippen LogP contribution in [0.25, 0.3) is 0 Å². The van der Waals surface area contributed by atoms with Gasteiger partial charge in [0.2, 0.25) is 5.91 Å². The highest BCUT2D eigenvalue weighted by atomic mass is 19.1. The predicted octanol–water partition coefficient (Wildman–Crippen LogP) is 3.32. The van der Waals surface area contributed by atoms with Gasteiger partial charge >= 0.3 is 0 Å². The van der Waals surface area contributed by atoms with Crippen molar-refractivity contribution in [3.63, 3.8) is 0 Å². The summed E-state index contributed by atoms with van der Waals surface area (Å²) in [5.74, 6) is -1.20. The van der Waals surface area contributed by atoms with Crippen molar-refractivity contribution in [3.05, 3.63) is 101 Å². The molecule has 1 atom stereocenters. The van der Waals surface area contributed by atoms with Crippen molar-refractivity contribution in [1.29, 1.82) is 0 Å². The second-order valence-electron chi connectivity index (χ2n) is 9.69. The Bertz CT molecular complexity index is 1320. The molecule has 1 aromatic heterocycles. The van der Waals surface area contributed by atoms with Gasteiger partial charge in [-0.1, -0.05) is 17.7 Å². The van der Waals surface area contributed by atoms with Crippen molar-refractivity contribution in [2.45, 2.75) is 38.1 Å². The Hall–Kier alpha value is -4.11. The average Bonchev–Trinajstić information content (AvgIpc) is 3.30. The molecule has 8 nitrogen and oxygen atoms in total.